The van der Waals surface area contributed by atoms with E-state index in [2.05, 4.69) is 0 Å². The van der Waals surface area contributed by atoms with Gasteiger partial charge in [0.25, 0.3) is 0 Å². The average molecular weight is 388 g/mol. The van der Waals surface area contributed by atoms with Crippen LogP contribution in [0.15, 0.2) is 48.5 Å². The Labute approximate surface area is 165 Å². The lowest BCUT2D eigenvalue weighted by Gasteiger charge is -2.24. The molecule has 0 fully saturated rings. The monoisotopic (exact) mass is 388 g/mol. The predicted octanol–water partition coefficient (Wildman–Crippen LogP) is 1.19. The van der Waals surface area contributed by atoms with E-state index < -0.39 is 12.6 Å². The number of rotatable bonds is 10. The zero-order chi connectivity index (χ0) is 20.7. The second-order valence-corrected chi connectivity index (χ2v) is 6.46. The van der Waals surface area contributed by atoms with E-state index in [0.717, 1.165) is 11.4 Å². The average Bonchev–Trinajstić information content (AvgIpc) is 2.69. The fourth-order valence-electron chi connectivity index (χ4n) is 3.04. The normalized spacial score (nSPS) is 11.1. The summed E-state index contributed by atoms with van der Waals surface area (Å²) in [7, 11) is 0. The van der Waals surface area contributed by atoms with Crippen molar-refractivity contribution < 1.29 is 25.2 Å². The molecular weight excluding hydrogens is 360 g/mol. The van der Waals surface area contributed by atoms with E-state index in [4.69, 9.17) is 20.4 Å². The molecule has 2 rings (SSSR count). The smallest absolute Gasteiger partial charge is 0.193 e. The number of likely N-dealkylation sites (N-methyl/N-ethyl adjacent to an activating group) is 2. The number of hydrogen-bond donors (Lipinski definition) is 4. The van der Waals surface area contributed by atoms with Crippen molar-refractivity contribution in [2.24, 2.45) is 0 Å². The van der Waals surface area contributed by atoms with Crippen LogP contribution in [0, 0.1) is 0 Å². The van der Waals surface area contributed by atoms with Crippen molar-refractivity contribution in [1.29, 1.82) is 0 Å². The number of anilines is 2. The van der Waals surface area contributed by atoms with Gasteiger partial charge in [0, 0.05) is 35.6 Å². The highest BCUT2D eigenvalue weighted by Crippen LogP contribution is 2.20. The lowest BCUT2D eigenvalue weighted by atomic mass is 10.0. The van der Waals surface area contributed by atoms with Gasteiger partial charge in [0.2, 0.25) is 0 Å². The molecule has 0 aliphatic heterocycles. The third-order valence-electron chi connectivity index (χ3n) is 4.52. The molecule has 2 aromatic rings. The SMILES string of the molecule is CCN(CC(O)O)c1ccc(C(=O)c2ccc(N(CC)CC(O)O)cc2)cc1. The van der Waals surface area contributed by atoms with Gasteiger partial charge in [0.15, 0.2) is 18.4 Å². The second kappa shape index (κ2) is 10.2. The molecule has 28 heavy (non-hydrogen) atoms. The first-order valence-electron chi connectivity index (χ1n) is 9.32. The molecule has 0 bridgehead atoms. The Bertz CT molecular complexity index is 681. The highest BCUT2D eigenvalue weighted by molar-refractivity contribution is 6.09. The van der Waals surface area contributed by atoms with Crippen molar-refractivity contribution in [2.75, 3.05) is 36.0 Å². The molecule has 7 nitrogen and oxygen atoms in total. The van der Waals surface area contributed by atoms with Gasteiger partial charge in [0.05, 0.1) is 13.1 Å². The quantitative estimate of drug-likeness (QED) is 0.358. The number of benzene rings is 2. The number of aliphatic hydroxyl groups is 4. The minimum absolute atomic E-state index is 0.0989. The van der Waals surface area contributed by atoms with Crippen LogP contribution in [-0.2, 0) is 0 Å². The van der Waals surface area contributed by atoms with Crippen LogP contribution >= 0.6 is 0 Å². The van der Waals surface area contributed by atoms with Crippen molar-refractivity contribution in [3.63, 3.8) is 0 Å². The number of carbonyl (C=O) groups excluding carboxylic acids is 1. The van der Waals surface area contributed by atoms with Gasteiger partial charge in [-0.25, -0.2) is 0 Å². The van der Waals surface area contributed by atoms with Gasteiger partial charge in [-0.05, 0) is 62.4 Å². The van der Waals surface area contributed by atoms with Crippen molar-refractivity contribution in [3.05, 3.63) is 59.7 Å². The number of carbonyl (C=O) groups is 1. The minimum Gasteiger partial charge on any atom is -0.367 e. The molecule has 0 amide bonds. The van der Waals surface area contributed by atoms with E-state index in [1.165, 1.54) is 0 Å². The van der Waals surface area contributed by atoms with Crippen LogP contribution in [0.4, 0.5) is 11.4 Å². The largest absolute Gasteiger partial charge is 0.367 e. The van der Waals surface area contributed by atoms with Gasteiger partial charge in [-0.3, -0.25) is 4.79 Å². The Hall–Kier alpha value is -2.45. The standard InChI is InChI=1S/C21H28N2O5/c1-3-22(13-19(24)25)17-9-5-15(6-10-17)21(28)16-7-11-18(12-8-16)23(4-2)14-20(26)27/h5-12,19-20,24-27H,3-4,13-14H2,1-2H3. The molecule has 0 saturated heterocycles. The van der Waals surface area contributed by atoms with E-state index in [0.29, 0.717) is 24.2 Å². The summed E-state index contributed by atoms with van der Waals surface area (Å²) < 4.78 is 0. The van der Waals surface area contributed by atoms with Crippen molar-refractivity contribution in [3.8, 4) is 0 Å². The summed E-state index contributed by atoms with van der Waals surface area (Å²) in [6.07, 6.45) is -2.84. The van der Waals surface area contributed by atoms with Crippen LogP contribution in [0.1, 0.15) is 29.8 Å². The molecule has 0 spiro atoms. The maximum Gasteiger partial charge on any atom is 0.193 e. The predicted molar refractivity (Wildman–Crippen MR) is 109 cm³/mol. The molecule has 0 aliphatic carbocycles. The number of ketones is 1. The third-order valence-corrected chi connectivity index (χ3v) is 4.52. The van der Waals surface area contributed by atoms with E-state index >= 15 is 0 Å². The second-order valence-electron chi connectivity index (χ2n) is 6.46. The van der Waals surface area contributed by atoms with Crippen LogP contribution in [0.3, 0.4) is 0 Å². The van der Waals surface area contributed by atoms with Crippen LogP contribution in [0.25, 0.3) is 0 Å². The summed E-state index contributed by atoms with van der Waals surface area (Å²) in [5.41, 5.74) is 2.69. The Morgan fingerprint density at radius 3 is 1.29 bits per heavy atom. The number of nitrogens with zero attached hydrogens (tertiary/aromatic N) is 2. The first kappa shape index (κ1) is 21.8. The molecule has 0 heterocycles. The first-order chi connectivity index (χ1) is 13.3. The minimum atomic E-state index is -1.42. The van der Waals surface area contributed by atoms with Crippen molar-refractivity contribution in [1.82, 2.24) is 0 Å². The maximum atomic E-state index is 12.7. The highest BCUT2D eigenvalue weighted by Gasteiger charge is 2.13. The van der Waals surface area contributed by atoms with E-state index in [9.17, 15) is 4.79 Å². The van der Waals surface area contributed by atoms with Gasteiger partial charge in [-0.1, -0.05) is 0 Å². The zero-order valence-corrected chi connectivity index (χ0v) is 16.2. The van der Waals surface area contributed by atoms with Gasteiger partial charge in [0.1, 0.15) is 0 Å². The van der Waals surface area contributed by atoms with Gasteiger partial charge < -0.3 is 30.2 Å². The zero-order valence-electron chi connectivity index (χ0n) is 16.2. The summed E-state index contributed by atoms with van der Waals surface area (Å²) >= 11 is 0. The van der Waals surface area contributed by atoms with E-state index in [1.807, 2.05) is 23.6 Å². The van der Waals surface area contributed by atoms with Crippen molar-refractivity contribution >= 4 is 17.2 Å². The van der Waals surface area contributed by atoms with Gasteiger partial charge in [-0.2, -0.15) is 0 Å². The lowest BCUT2D eigenvalue weighted by Crippen LogP contribution is -2.32. The van der Waals surface area contributed by atoms with Crippen LogP contribution < -0.4 is 9.80 Å². The molecule has 0 aliphatic rings. The Kier molecular flexibility index (Phi) is 7.95. The highest BCUT2D eigenvalue weighted by atomic mass is 16.5. The topological polar surface area (TPSA) is 104 Å². The number of aliphatic hydroxyl groups excluding tert-OH is 2. The summed E-state index contributed by atoms with van der Waals surface area (Å²) in [5, 5.41) is 36.7. The summed E-state index contributed by atoms with van der Waals surface area (Å²) in [5.74, 6) is -0.117. The Morgan fingerprint density at radius 2 is 1.04 bits per heavy atom. The van der Waals surface area contributed by atoms with E-state index in [-0.39, 0.29) is 18.9 Å². The lowest BCUT2D eigenvalue weighted by molar-refractivity contribution is -0.0327. The van der Waals surface area contributed by atoms with Crippen LogP contribution in [-0.4, -0.2) is 65.0 Å². The molecule has 0 unspecified atom stereocenters. The molecule has 0 aromatic heterocycles. The molecule has 4 N–H and O–H groups in total. The molecule has 152 valence electrons. The first-order valence-corrected chi connectivity index (χ1v) is 9.32. The number of hydrogen-bond acceptors (Lipinski definition) is 7. The molecule has 7 heteroatoms. The summed E-state index contributed by atoms with van der Waals surface area (Å²) in [6.45, 7) is 5.26. The third kappa shape index (κ3) is 5.77. The van der Waals surface area contributed by atoms with Gasteiger partial charge in [-0.15, -0.1) is 0 Å². The van der Waals surface area contributed by atoms with E-state index in [1.54, 1.807) is 48.5 Å². The summed E-state index contributed by atoms with van der Waals surface area (Å²) in [4.78, 5) is 16.3. The Balaban J connectivity index is 2.13. The molecular formula is C21H28N2O5. The molecule has 2 aromatic carbocycles. The maximum absolute atomic E-state index is 12.7. The molecule has 0 atom stereocenters. The molecule has 0 radical (unpaired) electrons. The van der Waals surface area contributed by atoms with Crippen LogP contribution in [0.5, 0.6) is 0 Å². The molecule has 0 saturated carbocycles. The van der Waals surface area contributed by atoms with Crippen molar-refractivity contribution in [2.45, 2.75) is 26.4 Å². The van der Waals surface area contributed by atoms with Crippen LogP contribution in [0.2, 0.25) is 0 Å². The fourth-order valence-corrected chi connectivity index (χ4v) is 3.04. The van der Waals surface area contributed by atoms with Gasteiger partial charge >= 0.3 is 0 Å². The fraction of sp³-hybridized carbons (Fsp3) is 0.381. The summed E-state index contributed by atoms with van der Waals surface area (Å²) in [6, 6.07) is 14.0. The Morgan fingerprint density at radius 1 is 0.714 bits per heavy atom.